The Morgan fingerprint density at radius 3 is 2.41 bits per heavy atom. The molecule has 0 unspecified atom stereocenters. The summed E-state index contributed by atoms with van der Waals surface area (Å²) in [6.45, 7) is 1.57. The second-order valence-corrected chi connectivity index (χ2v) is 11.4. The van der Waals surface area contributed by atoms with Crippen LogP contribution in [0.1, 0.15) is 32.0 Å². The number of nitrogens with one attached hydrogen (secondary N) is 1. The summed E-state index contributed by atoms with van der Waals surface area (Å²) in [6, 6.07) is 12.7. The number of methoxy groups -OCH3 is 1. The molecule has 1 fully saturated rings. The number of aromatic hydroxyl groups is 1. The first-order chi connectivity index (χ1) is 17.6. The number of phenolic OH excluding ortho intramolecular Hbond substituents is 1. The lowest BCUT2D eigenvalue weighted by molar-refractivity contribution is 0.0699. The zero-order valence-corrected chi connectivity index (χ0v) is 21.2. The summed E-state index contributed by atoms with van der Waals surface area (Å²) in [4.78, 5) is 31.6. The zero-order chi connectivity index (χ0) is 26.6. The predicted molar refractivity (Wildman–Crippen MR) is 138 cm³/mol. The Bertz CT molecular complexity index is 1390. The van der Waals surface area contributed by atoms with Crippen LogP contribution in [0.5, 0.6) is 5.75 Å². The number of aromatic carboxylic acids is 1. The van der Waals surface area contributed by atoms with Gasteiger partial charge in [0, 0.05) is 32.1 Å². The molecule has 3 aromatic rings. The monoisotopic (exact) mass is 527 g/mol. The Morgan fingerprint density at radius 2 is 1.76 bits per heavy atom. The molecule has 1 amide bonds. The van der Waals surface area contributed by atoms with Gasteiger partial charge in [0.05, 0.1) is 35.2 Å². The van der Waals surface area contributed by atoms with Gasteiger partial charge in [-0.05, 0) is 47.9 Å². The number of hydrogen-bond donors (Lipinski definition) is 3. The average Bonchev–Trinajstić information content (AvgIpc) is 2.86. The van der Waals surface area contributed by atoms with Crippen molar-refractivity contribution >= 4 is 32.6 Å². The molecule has 0 aliphatic carbocycles. The molecule has 2 aromatic carbocycles. The van der Waals surface area contributed by atoms with Crippen LogP contribution in [0, 0.1) is 0 Å². The first-order valence-corrected chi connectivity index (χ1v) is 13.6. The van der Waals surface area contributed by atoms with Crippen molar-refractivity contribution in [3.05, 3.63) is 70.9 Å². The molecule has 37 heavy (non-hydrogen) atoms. The van der Waals surface area contributed by atoms with Crippen molar-refractivity contribution < 1.29 is 33.0 Å². The second kappa shape index (κ2) is 11.2. The lowest BCUT2D eigenvalue weighted by Crippen LogP contribution is -2.40. The number of carboxylic acids is 1. The first-order valence-electron chi connectivity index (χ1n) is 11.8. The fourth-order valence-electron chi connectivity index (χ4n) is 4.36. The molecule has 0 saturated carbocycles. The van der Waals surface area contributed by atoms with E-state index >= 15 is 0 Å². The Morgan fingerprint density at radius 1 is 1.08 bits per heavy atom. The third-order valence-corrected chi connectivity index (χ3v) is 7.91. The van der Waals surface area contributed by atoms with Crippen LogP contribution in [-0.4, -0.2) is 84.7 Å². The molecule has 1 aliphatic rings. The van der Waals surface area contributed by atoms with Crippen molar-refractivity contribution in [3.8, 4) is 5.75 Å². The Hall–Kier alpha value is -3.54. The van der Waals surface area contributed by atoms with E-state index in [0.29, 0.717) is 37.0 Å². The maximum absolute atomic E-state index is 13.1. The Kier molecular flexibility index (Phi) is 8.06. The molecule has 1 atom stereocenters. The largest absolute Gasteiger partial charge is 0.508 e. The van der Waals surface area contributed by atoms with E-state index in [9.17, 15) is 28.2 Å². The number of rotatable bonds is 9. The van der Waals surface area contributed by atoms with E-state index in [2.05, 4.69) is 10.3 Å². The highest BCUT2D eigenvalue weighted by molar-refractivity contribution is 7.91. The quantitative estimate of drug-likeness (QED) is 0.379. The smallest absolute Gasteiger partial charge is 0.336 e. The minimum Gasteiger partial charge on any atom is -0.508 e. The summed E-state index contributed by atoms with van der Waals surface area (Å²) in [5.41, 5.74) is 2.03. The number of fused-ring (bicyclic) bond motifs is 1. The molecule has 1 saturated heterocycles. The van der Waals surface area contributed by atoms with E-state index in [0.717, 1.165) is 11.1 Å². The number of amides is 1. The molecule has 3 N–H and O–H groups in total. The number of aromatic nitrogens is 1. The van der Waals surface area contributed by atoms with Gasteiger partial charge in [0.25, 0.3) is 5.91 Å². The molecule has 10 nitrogen and oxygen atoms in total. The number of sulfone groups is 1. The molecule has 1 aliphatic heterocycles. The van der Waals surface area contributed by atoms with Gasteiger partial charge < -0.3 is 20.3 Å². The predicted octanol–water partition coefficient (Wildman–Crippen LogP) is 1.86. The van der Waals surface area contributed by atoms with E-state index in [-0.39, 0.29) is 35.1 Å². The van der Waals surface area contributed by atoms with Crippen LogP contribution < -0.4 is 5.32 Å². The fraction of sp³-hybridized carbons (Fsp3) is 0.346. The van der Waals surface area contributed by atoms with Crippen molar-refractivity contribution in [1.82, 2.24) is 15.2 Å². The molecule has 196 valence electrons. The van der Waals surface area contributed by atoms with E-state index < -0.39 is 27.8 Å². The van der Waals surface area contributed by atoms with Gasteiger partial charge in [-0.3, -0.25) is 9.69 Å². The summed E-state index contributed by atoms with van der Waals surface area (Å²) >= 11 is 0. The molecule has 11 heteroatoms. The van der Waals surface area contributed by atoms with Crippen molar-refractivity contribution in [3.63, 3.8) is 0 Å². The SMILES string of the molecule is COC[C@H](Cc1ccc(O)cc1)NC(=O)c1cc(C(=O)O)c2cc(CN3CCS(=O)(=O)CC3)ccc2n1. The lowest BCUT2D eigenvalue weighted by Gasteiger charge is -2.26. The number of carbonyl (C=O) groups is 2. The maximum atomic E-state index is 13.1. The molecule has 4 rings (SSSR count). The summed E-state index contributed by atoms with van der Waals surface area (Å²) in [5.74, 6) is -1.34. The van der Waals surface area contributed by atoms with Crippen LogP contribution in [0.4, 0.5) is 0 Å². The van der Waals surface area contributed by atoms with Crippen LogP contribution in [0.25, 0.3) is 10.9 Å². The number of ether oxygens (including phenoxy) is 1. The van der Waals surface area contributed by atoms with Gasteiger partial charge in [-0.1, -0.05) is 18.2 Å². The number of nitrogens with zero attached hydrogens (tertiary/aromatic N) is 2. The Balaban J connectivity index is 1.55. The van der Waals surface area contributed by atoms with Crippen molar-refractivity contribution in [2.45, 2.75) is 19.0 Å². The first kappa shape index (κ1) is 26.5. The number of benzene rings is 2. The van der Waals surface area contributed by atoms with Crippen molar-refractivity contribution in [1.29, 1.82) is 0 Å². The third-order valence-electron chi connectivity index (χ3n) is 6.30. The fourth-order valence-corrected chi connectivity index (χ4v) is 5.64. The standard InChI is InChI=1S/C26H29N3O7S/c1-36-16-19(12-17-2-5-20(30)6-3-17)27-25(31)24-14-22(26(32)33)21-13-18(4-7-23(21)28-24)15-29-8-10-37(34,35)11-9-29/h2-7,13-14,19,30H,8-12,15-16H2,1H3,(H,27,31)(H,32,33)/t19-/m0/s1. The van der Waals surface area contributed by atoms with E-state index in [1.165, 1.54) is 13.2 Å². The molecule has 0 spiro atoms. The van der Waals surface area contributed by atoms with Gasteiger partial charge in [0.15, 0.2) is 9.84 Å². The average molecular weight is 528 g/mol. The summed E-state index contributed by atoms with van der Waals surface area (Å²) in [5, 5.41) is 22.6. The van der Waals surface area contributed by atoms with Gasteiger partial charge in [0.1, 0.15) is 11.4 Å². The van der Waals surface area contributed by atoms with Gasteiger partial charge >= 0.3 is 5.97 Å². The van der Waals surface area contributed by atoms with Crippen LogP contribution in [0.3, 0.4) is 0 Å². The maximum Gasteiger partial charge on any atom is 0.336 e. The molecule has 0 bridgehead atoms. The van der Waals surface area contributed by atoms with Crippen molar-refractivity contribution in [2.75, 3.05) is 38.3 Å². The highest BCUT2D eigenvalue weighted by atomic mass is 32.2. The summed E-state index contributed by atoms with van der Waals surface area (Å²) in [6.07, 6.45) is 0.445. The van der Waals surface area contributed by atoms with E-state index in [4.69, 9.17) is 4.74 Å². The third kappa shape index (κ3) is 6.82. The summed E-state index contributed by atoms with van der Waals surface area (Å²) in [7, 11) is -1.47. The molecule has 0 radical (unpaired) electrons. The minimum absolute atomic E-state index is 0.0225. The van der Waals surface area contributed by atoms with Gasteiger partial charge in [0.2, 0.25) is 0 Å². The molecular formula is C26H29N3O7S. The number of carbonyl (C=O) groups excluding carboxylic acids is 1. The number of hydrogen-bond acceptors (Lipinski definition) is 8. The van der Waals surface area contributed by atoms with Crippen LogP contribution >= 0.6 is 0 Å². The van der Waals surface area contributed by atoms with Crippen LogP contribution in [0.2, 0.25) is 0 Å². The summed E-state index contributed by atoms with van der Waals surface area (Å²) < 4.78 is 28.6. The van der Waals surface area contributed by atoms with E-state index in [1.54, 1.807) is 36.4 Å². The van der Waals surface area contributed by atoms with Gasteiger partial charge in [-0.25, -0.2) is 18.2 Å². The Labute approximate surface area is 214 Å². The van der Waals surface area contributed by atoms with Crippen molar-refractivity contribution in [2.24, 2.45) is 0 Å². The number of phenols is 1. The molecule has 2 heterocycles. The number of pyridine rings is 1. The molecular weight excluding hydrogens is 498 g/mol. The highest BCUT2D eigenvalue weighted by Gasteiger charge is 2.23. The zero-order valence-electron chi connectivity index (χ0n) is 20.4. The highest BCUT2D eigenvalue weighted by Crippen LogP contribution is 2.22. The normalized spacial score (nSPS) is 16.4. The van der Waals surface area contributed by atoms with Gasteiger partial charge in [-0.2, -0.15) is 0 Å². The van der Waals surface area contributed by atoms with Gasteiger partial charge in [-0.15, -0.1) is 0 Å². The second-order valence-electron chi connectivity index (χ2n) is 9.14. The van der Waals surface area contributed by atoms with Crippen LogP contribution in [0.15, 0.2) is 48.5 Å². The molecule has 1 aromatic heterocycles. The lowest BCUT2D eigenvalue weighted by atomic mass is 10.0. The minimum atomic E-state index is -2.99. The van der Waals surface area contributed by atoms with Crippen LogP contribution in [-0.2, 0) is 27.5 Å². The number of carboxylic acid groups (broad SMARTS) is 1. The van der Waals surface area contributed by atoms with E-state index in [1.807, 2.05) is 11.0 Å². The topological polar surface area (TPSA) is 146 Å².